The third-order valence-electron chi connectivity index (χ3n) is 1.28. The first-order chi connectivity index (χ1) is 4.34. The monoisotopic (exact) mass is 126 g/mol. The summed E-state index contributed by atoms with van der Waals surface area (Å²) in [5.74, 6) is 0.873. The largest absolute Gasteiger partial charge is 0.311 e. The molecular weight excluding hydrogens is 116 g/mol. The third-order valence-corrected chi connectivity index (χ3v) is 1.28. The van der Waals surface area contributed by atoms with Crippen LogP contribution < -0.4 is 5.32 Å². The standard InChI is InChI=1S/C5H10N4/c1-4(6-2)5-7-3-8-9-5/h3-4,6H,1-2H3,(H,7,8,9)/t4-/m1/s1. The maximum absolute atomic E-state index is 3.96. The summed E-state index contributed by atoms with van der Waals surface area (Å²) in [6.07, 6.45) is 1.50. The zero-order chi connectivity index (χ0) is 6.69. The first kappa shape index (κ1) is 6.22. The van der Waals surface area contributed by atoms with Crippen LogP contribution in [0.5, 0.6) is 0 Å². The molecule has 0 aliphatic heterocycles. The molecule has 0 radical (unpaired) electrons. The van der Waals surface area contributed by atoms with E-state index in [1.165, 1.54) is 6.33 Å². The summed E-state index contributed by atoms with van der Waals surface area (Å²) in [4.78, 5) is 3.96. The number of hydrogen-bond acceptors (Lipinski definition) is 3. The Morgan fingerprint density at radius 3 is 3.00 bits per heavy atom. The van der Waals surface area contributed by atoms with E-state index in [1.54, 1.807) is 0 Å². The van der Waals surface area contributed by atoms with Gasteiger partial charge in [-0.1, -0.05) is 0 Å². The lowest BCUT2D eigenvalue weighted by molar-refractivity contribution is 0.613. The van der Waals surface area contributed by atoms with Crippen LogP contribution in [0, 0.1) is 0 Å². The van der Waals surface area contributed by atoms with Gasteiger partial charge in [0.1, 0.15) is 12.2 Å². The van der Waals surface area contributed by atoms with E-state index in [0.717, 1.165) is 5.82 Å². The first-order valence-corrected chi connectivity index (χ1v) is 2.87. The van der Waals surface area contributed by atoms with E-state index in [2.05, 4.69) is 20.5 Å². The van der Waals surface area contributed by atoms with E-state index in [1.807, 2.05) is 14.0 Å². The van der Waals surface area contributed by atoms with Gasteiger partial charge in [-0.25, -0.2) is 4.98 Å². The zero-order valence-electron chi connectivity index (χ0n) is 5.55. The Morgan fingerprint density at radius 2 is 2.56 bits per heavy atom. The molecule has 0 amide bonds. The highest BCUT2D eigenvalue weighted by molar-refractivity contribution is 4.87. The zero-order valence-corrected chi connectivity index (χ0v) is 5.55. The van der Waals surface area contributed by atoms with Gasteiger partial charge < -0.3 is 5.32 Å². The summed E-state index contributed by atoms with van der Waals surface area (Å²) in [5.41, 5.74) is 0. The van der Waals surface area contributed by atoms with Crippen LogP contribution in [0.1, 0.15) is 18.8 Å². The summed E-state index contributed by atoms with van der Waals surface area (Å²) in [6.45, 7) is 2.01. The highest BCUT2D eigenvalue weighted by Crippen LogP contribution is 2.00. The molecule has 4 nitrogen and oxygen atoms in total. The molecule has 0 fully saturated rings. The molecule has 0 bridgehead atoms. The predicted molar refractivity (Wildman–Crippen MR) is 33.9 cm³/mol. The number of nitrogens with one attached hydrogen (secondary N) is 2. The van der Waals surface area contributed by atoms with E-state index in [0.29, 0.717) is 0 Å². The maximum atomic E-state index is 3.96. The molecule has 0 saturated heterocycles. The number of aromatic nitrogens is 3. The minimum atomic E-state index is 0.257. The summed E-state index contributed by atoms with van der Waals surface area (Å²) in [5, 5.41) is 9.51. The lowest BCUT2D eigenvalue weighted by Crippen LogP contribution is -2.13. The van der Waals surface area contributed by atoms with Gasteiger partial charge in [-0.2, -0.15) is 5.10 Å². The van der Waals surface area contributed by atoms with Gasteiger partial charge in [0.15, 0.2) is 0 Å². The normalized spacial score (nSPS) is 13.6. The second-order valence-electron chi connectivity index (χ2n) is 1.88. The number of rotatable bonds is 2. The van der Waals surface area contributed by atoms with Crippen molar-refractivity contribution in [2.24, 2.45) is 0 Å². The molecule has 0 saturated carbocycles. The summed E-state index contributed by atoms with van der Waals surface area (Å²) < 4.78 is 0. The third kappa shape index (κ3) is 1.26. The van der Waals surface area contributed by atoms with Crippen molar-refractivity contribution in [3.63, 3.8) is 0 Å². The van der Waals surface area contributed by atoms with Crippen molar-refractivity contribution in [3.05, 3.63) is 12.2 Å². The minimum Gasteiger partial charge on any atom is -0.311 e. The van der Waals surface area contributed by atoms with Crippen LogP contribution >= 0.6 is 0 Å². The Kier molecular flexibility index (Phi) is 1.79. The maximum Gasteiger partial charge on any atom is 0.141 e. The van der Waals surface area contributed by atoms with Gasteiger partial charge in [0.05, 0.1) is 6.04 Å². The molecule has 0 unspecified atom stereocenters. The minimum absolute atomic E-state index is 0.257. The second-order valence-corrected chi connectivity index (χ2v) is 1.88. The molecular formula is C5H10N4. The molecule has 1 aromatic heterocycles. The Balaban J connectivity index is 2.65. The Morgan fingerprint density at radius 1 is 1.78 bits per heavy atom. The fourth-order valence-corrected chi connectivity index (χ4v) is 0.560. The topological polar surface area (TPSA) is 53.6 Å². The van der Waals surface area contributed by atoms with Crippen molar-refractivity contribution in [2.45, 2.75) is 13.0 Å². The van der Waals surface area contributed by atoms with Crippen LogP contribution in [0.2, 0.25) is 0 Å². The molecule has 50 valence electrons. The quantitative estimate of drug-likeness (QED) is 0.590. The van der Waals surface area contributed by atoms with Crippen LogP contribution in [-0.2, 0) is 0 Å². The van der Waals surface area contributed by atoms with Crippen molar-refractivity contribution in [1.82, 2.24) is 20.5 Å². The summed E-state index contributed by atoms with van der Waals surface area (Å²) in [6, 6.07) is 0.257. The second kappa shape index (κ2) is 2.59. The van der Waals surface area contributed by atoms with Gasteiger partial charge in [0.2, 0.25) is 0 Å². The van der Waals surface area contributed by atoms with Gasteiger partial charge in [0.25, 0.3) is 0 Å². The number of H-pyrrole nitrogens is 1. The average molecular weight is 126 g/mol. The number of hydrogen-bond donors (Lipinski definition) is 2. The molecule has 0 aliphatic carbocycles. The predicted octanol–water partition coefficient (Wildman–Crippen LogP) is 0.0851. The fraction of sp³-hybridized carbons (Fsp3) is 0.600. The molecule has 0 aromatic carbocycles. The molecule has 9 heavy (non-hydrogen) atoms. The number of nitrogens with zero attached hydrogens (tertiary/aromatic N) is 2. The van der Waals surface area contributed by atoms with E-state index >= 15 is 0 Å². The van der Waals surface area contributed by atoms with Crippen molar-refractivity contribution < 1.29 is 0 Å². The molecule has 2 N–H and O–H groups in total. The summed E-state index contributed by atoms with van der Waals surface area (Å²) >= 11 is 0. The Labute approximate surface area is 53.7 Å². The van der Waals surface area contributed by atoms with Gasteiger partial charge in [-0.05, 0) is 14.0 Å². The van der Waals surface area contributed by atoms with Crippen molar-refractivity contribution in [1.29, 1.82) is 0 Å². The first-order valence-electron chi connectivity index (χ1n) is 2.87. The highest BCUT2D eigenvalue weighted by atomic mass is 15.2. The van der Waals surface area contributed by atoms with Crippen molar-refractivity contribution >= 4 is 0 Å². The smallest absolute Gasteiger partial charge is 0.141 e. The summed E-state index contributed by atoms with van der Waals surface area (Å²) in [7, 11) is 1.88. The molecule has 1 rings (SSSR count). The average Bonchev–Trinajstić information content (AvgIpc) is 2.37. The van der Waals surface area contributed by atoms with E-state index in [-0.39, 0.29) is 6.04 Å². The van der Waals surface area contributed by atoms with Crippen LogP contribution in [0.3, 0.4) is 0 Å². The number of aromatic amines is 1. The van der Waals surface area contributed by atoms with Crippen LogP contribution in [0.4, 0.5) is 0 Å². The van der Waals surface area contributed by atoms with Crippen molar-refractivity contribution in [2.75, 3.05) is 7.05 Å². The molecule has 0 spiro atoms. The van der Waals surface area contributed by atoms with Gasteiger partial charge in [-0.3, -0.25) is 5.10 Å². The molecule has 1 atom stereocenters. The van der Waals surface area contributed by atoms with Crippen LogP contribution in [0.15, 0.2) is 6.33 Å². The molecule has 0 aliphatic rings. The van der Waals surface area contributed by atoms with Gasteiger partial charge in [-0.15, -0.1) is 0 Å². The SMILES string of the molecule is CN[C@H](C)c1ncn[nH]1. The molecule has 4 heteroatoms. The van der Waals surface area contributed by atoms with Crippen LogP contribution in [0.25, 0.3) is 0 Å². The highest BCUT2D eigenvalue weighted by Gasteiger charge is 2.02. The van der Waals surface area contributed by atoms with Gasteiger partial charge in [0, 0.05) is 0 Å². The molecule has 1 heterocycles. The lowest BCUT2D eigenvalue weighted by Gasteiger charge is -2.03. The van der Waals surface area contributed by atoms with Crippen molar-refractivity contribution in [3.8, 4) is 0 Å². The van der Waals surface area contributed by atoms with E-state index in [4.69, 9.17) is 0 Å². The van der Waals surface area contributed by atoms with E-state index in [9.17, 15) is 0 Å². The molecule has 1 aromatic rings. The lowest BCUT2D eigenvalue weighted by atomic mass is 10.3. The Hall–Kier alpha value is -0.900. The Bertz CT molecular complexity index is 157. The van der Waals surface area contributed by atoms with Gasteiger partial charge >= 0.3 is 0 Å². The fourth-order valence-electron chi connectivity index (χ4n) is 0.560. The van der Waals surface area contributed by atoms with E-state index < -0.39 is 0 Å². The van der Waals surface area contributed by atoms with Crippen LogP contribution in [-0.4, -0.2) is 22.2 Å².